The standard InChI is InChI=1S/C9H14F2N4O.ClH/c1-6-7(3-15(2)14-6)8(16)13-5-9(10,11)4-12;/h3H,4-5,12H2,1-2H3,(H,13,16);1H. The molecule has 0 atom stereocenters. The van der Waals surface area contributed by atoms with Crippen molar-refractivity contribution in [3.63, 3.8) is 0 Å². The number of carbonyl (C=O) groups excluding carboxylic acids is 1. The Labute approximate surface area is 104 Å². The molecule has 0 saturated heterocycles. The zero-order valence-corrected chi connectivity index (χ0v) is 10.4. The second-order valence-electron chi connectivity index (χ2n) is 3.54. The molecule has 1 amide bonds. The Balaban J connectivity index is 0.00000256. The van der Waals surface area contributed by atoms with Crippen molar-refractivity contribution in [2.24, 2.45) is 12.8 Å². The van der Waals surface area contributed by atoms with Crippen LogP contribution in [0.1, 0.15) is 16.1 Å². The molecule has 1 aromatic rings. The monoisotopic (exact) mass is 268 g/mol. The summed E-state index contributed by atoms with van der Waals surface area (Å²) in [7, 11) is 1.65. The number of nitrogens with one attached hydrogen (secondary N) is 1. The van der Waals surface area contributed by atoms with Gasteiger partial charge >= 0.3 is 0 Å². The van der Waals surface area contributed by atoms with E-state index in [1.807, 2.05) is 0 Å². The van der Waals surface area contributed by atoms with Gasteiger partial charge in [-0.3, -0.25) is 9.48 Å². The number of aromatic nitrogens is 2. The molecule has 0 aliphatic heterocycles. The SMILES string of the molecule is Cc1nn(C)cc1C(=O)NCC(F)(F)CN.Cl. The third-order valence-corrected chi connectivity index (χ3v) is 2.06. The molecule has 0 bridgehead atoms. The summed E-state index contributed by atoms with van der Waals surface area (Å²) >= 11 is 0. The second kappa shape index (κ2) is 5.92. The molecule has 0 aromatic carbocycles. The highest BCUT2D eigenvalue weighted by molar-refractivity contribution is 5.95. The zero-order valence-electron chi connectivity index (χ0n) is 9.54. The minimum Gasteiger partial charge on any atom is -0.346 e. The van der Waals surface area contributed by atoms with E-state index in [4.69, 9.17) is 5.73 Å². The van der Waals surface area contributed by atoms with E-state index < -0.39 is 24.9 Å². The quantitative estimate of drug-likeness (QED) is 0.834. The lowest BCUT2D eigenvalue weighted by Gasteiger charge is -2.14. The number of carbonyl (C=O) groups is 1. The maximum atomic E-state index is 12.8. The lowest BCUT2D eigenvalue weighted by molar-refractivity contribution is 0.0118. The molecular weight excluding hydrogens is 254 g/mol. The molecule has 17 heavy (non-hydrogen) atoms. The van der Waals surface area contributed by atoms with Crippen LogP contribution in [0.3, 0.4) is 0 Å². The van der Waals surface area contributed by atoms with Gasteiger partial charge in [0.25, 0.3) is 11.8 Å². The lowest BCUT2D eigenvalue weighted by Crippen LogP contribution is -2.41. The van der Waals surface area contributed by atoms with Gasteiger partial charge < -0.3 is 11.1 Å². The number of rotatable bonds is 4. The van der Waals surface area contributed by atoms with Crippen LogP contribution < -0.4 is 11.1 Å². The molecule has 0 fully saturated rings. The Morgan fingerprint density at radius 1 is 1.65 bits per heavy atom. The Kier molecular flexibility index (Phi) is 5.50. The van der Waals surface area contributed by atoms with Crippen LogP contribution in [0.5, 0.6) is 0 Å². The van der Waals surface area contributed by atoms with E-state index >= 15 is 0 Å². The molecule has 1 rings (SSSR count). The van der Waals surface area contributed by atoms with Gasteiger partial charge in [0, 0.05) is 13.2 Å². The van der Waals surface area contributed by atoms with Gasteiger partial charge in [-0.1, -0.05) is 0 Å². The summed E-state index contributed by atoms with van der Waals surface area (Å²) in [5.41, 5.74) is 5.63. The summed E-state index contributed by atoms with van der Waals surface area (Å²) in [6, 6.07) is 0. The van der Waals surface area contributed by atoms with Gasteiger partial charge in [-0.05, 0) is 6.92 Å². The van der Waals surface area contributed by atoms with Crippen molar-refractivity contribution >= 4 is 18.3 Å². The molecule has 0 radical (unpaired) electrons. The number of amides is 1. The average molecular weight is 269 g/mol. The third-order valence-electron chi connectivity index (χ3n) is 2.06. The van der Waals surface area contributed by atoms with Crippen LogP contribution in [0.15, 0.2) is 6.20 Å². The van der Waals surface area contributed by atoms with Gasteiger partial charge in [-0.15, -0.1) is 12.4 Å². The second-order valence-corrected chi connectivity index (χ2v) is 3.54. The molecule has 3 N–H and O–H groups in total. The van der Waals surface area contributed by atoms with E-state index in [9.17, 15) is 13.6 Å². The van der Waals surface area contributed by atoms with Gasteiger partial charge in [0.15, 0.2) is 0 Å². The summed E-state index contributed by atoms with van der Waals surface area (Å²) in [5, 5.41) is 6.06. The van der Waals surface area contributed by atoms with E-state index in [1.165, 1.54) is 10.9 Å². The maximum absolute atomic E-state index is 12.8. The molecule has 0 aliphatic carbocycles. The molecule has 8 heteroatoms. The molecule has 0 unspecified atom stereocenters. The van der Waals surface area contributed by atoms with Crippen LogP contribution in [0.25, 0.3) is 0 Å². The Morgan fingerprint density at radius 3 is 2.65 bits per heavy atom. The molecule has 5 nitrogen and oxygen atoms in total. The fourth-order valence-corrected chi connectivity index (χ4v) is 1.20. The highest BCUT2D eigenvalue weighted by Gasteiger charge is 2.27. The summed E-state index contributed by atoms with van der Waals surface area (Å²) in [6.07, 6.45) is 1.48. The number of hydrogen-bond acceptors (Lipinski definition) is 3. The number of nitrogens with two attached hydrogens (primary N) is 1. The number of nitrogens with zero attached hydrogens (tertiary/aromatic N) is 2. The Morgan fingerprint density at radius 2 is 2.24 bits per heavy atom. The molecule has 98 valence electrons. The molecule has 0 spiro atoms. The highest BCUT2D eigenvalue weighted by Crippen LogP contribution is 2.10. The van der Waals surface area contributed by atoms with Gasteiger partial charge in [0.2, 0.25) is 0 Å². The average Bonchev–Trinajstić information content (AvgIpc) is 2.54. The predicted octanol–water partition coefficient (Wildman–Crippen LogP) is 0.474. The van der Waals surface area contributed by atoms with Crippen molar-refractivity contribution in [1.29, 1.82) is 0 Å². The van der Waals surface area contributed by atoms with Crippen LogP contribution in [-0.4, -0.2) is 34.7 Å². The molecule has 0 aliphatic rings. The topological polar surface area (TPSA) is 72.9 Å². The fraction of sp³-hybridized carbons (Fsp3) is 0.556. The van der Waals surface area contributed by atoms with Crippen molar-refractivity contribution in [1.82, 2.24) is 15.1 Å². The maximum Gasteiger partial charge on any atom is 0.277 e. The zero-order chi connectivity index (χ0) is 12.3. The van der Waals surface area contributed by atoms with E-state index in [-0.39, 0.29) is 18.0 Å². The van der Waals surface area contributed by atoms with Gasteiger partial charge in [-0.2, -0.15) is 5.10 Å². The van der Waals surface area contributed by atoms with E-state index in [0.717, 1.165) is 0 Å². The third kappa shape index (κ3) is 4.27. The van der Waals surface area contributed by atoms with Crippen LogP contribution in [0.2, 0.25) is 0 Å². The lowest BCUT2D eigenvalue weighted by atomic mass is 10.2. The van der Waals surface area contributed by atoms with E-state index in [2.05, 4.69) is 10.4 Å². The largest absolute Gasteiger partial charge is 0.346 e. The van der Waals surface area contributed by atoms with Crippen molar-refractivity contribution in [3.8, 4) is 0 Å². The van der Waals surface area contributed by atoms with Crippen molar-refractivity contribution < 1.29 is 13.6 Å². The van der Waals surface area contributed by atoms with Crippen LogP contribution in [-0.2, 0) is 7.05 Å². The van der Waals surface area contributed by atoms with E-state index in [1.54, 1.807) is 14.0 Å². The first-order valence-corrected chi connectivity index (χ1v) is 4.72. The van der Waals surface area contributed by atoms with Gasteiger partial charge in [-0.25, -0.2) is 8.78 Å². The van der Waals surface area contributed by atoms with Crippen LogP contribution in [0.4, 0.5) is 8.78 Å². The van der Waals surface area contributed by atoms with Gasteiger partial charge in [0.05, 0.1) is 24.3 Å². The number of alkyl halides is 2. The molecule has 1 heterocycles. The van der Waals surface area contributed by atoms with Crippen LogP contribution >= 0.6 is 12.4 Å². The Bertz CT molecular complexity index is 394. The summed E-state index contributed by atoms with van der Waals surface area (Å²) < 4.78 is 27.0. The Hall–Kier alpha value is -1.21. The van der Waals surface area contributed by atoms with E-state index in [0.29, 0.717) is 5.69 Å². The van der Waals surface area contributed by atoms with Crippen molar-refractivity contribution in [2.45, 2.75) is 12.8 Å². The molecular formula is C9H15ClF2N4O. The minimum atomic E-state index is -3.08. The van der Waals surface area contributed by atoms with Crippen molar-refractivity contribution in [3.05, 3.63) is 17.5 Å². The number of halogens is 3. The van der Waals surface area contributed by atoms with Crippen LogP contribution in [0, 0.1) is 6.92 Å². The first kappa shape index (κ1) is 15.8. The fourth-order valence-electron chi connectivity index (χ4n) is 1.20. The molecule has 0 saturated carbocycles. The summed E-state index contributed by atoms with van der Waals surface area (Å²) in [5.74, 6) is -3.65. The minimum absolute atomic E-state index is 0. The predicted molar refractivity (Wildman–Crippen MR) is 61.5 cm³/mol. The summed E-state index contributed by atoms with van der Waals surface area (Å²) in [4.78, 5) is 11.5. The first-order valence-electron chi connectivity index (χ1n) is 4.72. The molecule has 1 aromatic heterocycles. The number of aryl methyl sites for hydroxylation is 2. The highest BCUT2D eigenvalue weighted by atomic mass is 35.5. The number of hydrogen-bond donors (Lipinski definition) is 2. The first-order chi connectivity index (χ1) is 7.35. The van der Waals surface area contributed by atoms with Gasteiger partial charge in [0.1, 0.15) is 0 Å². The summed E-state index contributed by atoms with van der Waals surface area (Å²) in [6.45, 7) is 0.0754. The van der Waals surface area contributed by atoms with Crippen molar-refractivity contribution in [2.75, 3.05) is 13.1 Å². The smallest absolute Gasteiger partial charge is 0.277 e. The normalized spacial score (nSPS) is 10.9.